The quantitative estimate of drug-likeness (QED) is 0.507. The summed E-state index contributed by atoms with van der Waals surface area (Å²) in [6.45, 7) is 6.74. The molecule has 156 valence electrons. The number of rotatable bonds is 4. The van der Waals surface area contributed by atoms with Crippen LogP contribution < -0.4 is 4.74 Å². The van der Waals surface area contributed by atoms with Gasteiger partial charge in [-0.15, -0.1) is 0 Å². The Morgan fingerprint density at radius 2 is 1.97 bits per heavy atom. The topological polar surface area (TPSA) is 89.2 Å². The first-order valence-electron chi connectivity index (χ1n) is 10.6. The van der Waals surface area contributed by atoms with Crippen LogP contribution >= 0.6 is 0 Å². The Bertz CT molecular complexity index is 1420. The molecule has 4 aromatic rings. The van der Waals surface area contributed by atoms with E-state index < -0.39 is 0 Å². The molecule has 2 aliphatic rings. The monoisotopic (exact) mass is 413 g/mol. The summed E-state index contributed by atoms with van der Waals surface area (Å²) in [7, 11) is 1.69. The Morgan fingerprint density at radius 1 is 1.13 bits per heavy atom. The third-order valence-corrected chi connectivity index (χ3v) is 6.49. The number of nitrogens with zero attached hydrogens (tertiary/aromatic N) is 4. The van der Waals surface area contributed by atoms with Crippen molar-refractivity contribution in [3.63, 3.8) is 0 Å². The molecule has 31 heavy (non-hydrogen) atoms. The van der Waals surface area contributed by atoms with Crippen LogP contribution in [0.1, 0.15) is 36.9 Å². The molecule has 1 N–H and O–H groups in total. The first kappa shape index (κ1) is 18.3. The van der Waals surface area contributed by atoms with Crippen LogP contribution in [0.5, 0.6) is 5.75 Å². The number of aromatic nitrogens is 4. The molecule has 6 rings (SSSR count). The highest BCUT2D eigenvalue weighted by Crippen LogP contribution is 2.45. The van der Waals surface area contributed by atoms with E-state index >= 15 is 0 Å². The fourth-order valence-corrected chi connectivity index (χ4v) is 4.86. The summed E-state index contributed by atoms with van der Waals surface area (Å²) < 4.78 is 11.2. The Morgan fingerprint density at radius 3 is 2.68 bits per heavy atom. The lowest BCUT2D eigenvalue weighted by atomic mass is 9.96. The number of ether oxygens (including phenoxy) is 1. The molecule has 7 nitrogen and oxygen atoms in total. The smallest absolute Gasteiger partial charge is 0.142 e. The molecule has 0 amide bonds. The van der Waals surface area contributed by atoms with Crippen molar-refractivity contribution < 1.29 is 9.26 Å². The lowest BCUT2D eigenvalue weighted by Crippen LogP contribution is -2.01. The fourth-order valence-electron chi connectivity index (χ4n) is 4.86. The van der Waals surface area contributed by atoms with E-state index in [1.807, 2.05) is 13.8 Å². The molecule has 1 aromatic carbocycles. The maximum absolute atomic E-state index is 5.80. The van der Waals surface area contributed by atoms with Gasteiger partial charge in [0, 0.05) is 27.8 Å². The summed E-state index contributed by atoms with van der Waals surface area (Å²) in [6, 6.07) is 4.17. The van der Waals surface area contributed by atoms with E-state index in [0.717, 1.165) is 68.2 Å². The van der Waals surface area contributed by atoms with Gasteiger partial charge in [-0.3, -0.25) is 4.99 Å². The molecule has 0 bridgehead atoms. The van der Waals surface area contributed by atoms with Gasteiger partial charge in [-0.05, 0) is 57.2 Å². The Hall–Kier alpha value is -3.48. The van der Waals surface area contributed by atoms with Crippen molar-refractivity contribution in [1.82, 2.24) is 20.1 Å². The van der Waals surface area contributed by atoms with Crippen molar-refractivity contribution in [3.8, 4) is 16.9 Å². The third-order valence-electron chi connectivity index (χ3n) is 6.49. The van der Waals surface area contributed by atoms with E-state index in [4.69, 9.17) is 19.2 Å². The van der Waals surface area contributed by atoms with Crippen LogP contribution in [0.25, 0.3) is 38.6 Å². The maximum atomic E-state index is 5.80. The summed E-state index contributed by atoms with van der Waals surface area (Å²) in [5.74, 6) is 2.18. The highest BCUT2D eigenvalue weighted by Gasteiger charge is 2.33. The van der Waals surface area contributed by atoms with Crippen LogP contribution in [0.4, 0.5) is 0 Å². The van der Waals surface area contributed by atoms with Crippen molar-refractivity contribution in [2.45, 2.75) is 33.6 Å². The van der Waals surface area contributed by atoms with Gasteiger partial charge >= 0.3 is 0 Å². The molecule has 1 saturated carbocycles. The fraction of sp³-hybridized carbons (Fsp3) is 0.333. The lowest BCUT2D eigenvalue weighted by Gasteiger charge is -2.10. The minimum absolute atomic E-state index is 0.645. The van der Waals surface area contributed by atoms with Gasteiger partial charge < -0.3 is 14.2 Å². The van der Waals surface area contributed by atoms with Crippen LogP contribution in [-0.4, -0.2) is 39.5 Å². The molecule has 3 aromatic heterocycles. The molecule has 0 radical (unpaired) electrons. The number of H-pyrrole nitrogens is 1. The second-order valence-corrected chi connectivity index (χ2v) is 8.44. The number of nitrogens with one attached hydrogen (secondary N) is 1. The Labute approximate surface area is 179 Å². The van der Waals surface area contributed by atoms with Gasteiger partial charge in [0.25, 0.3) is 0 Å². The van der Waals surface area contributed by atoms with Gasteiger partial charge in [-0.1, -0.05) is 5.16 Å². The number of hydrogen-bond donors (Lipinski definition) is 1. The molecule has 1 aliphatic heterocycles. The number of aromatic amines is 1. The maximum Gasteiger partial charge on any atom is 0.142 e. The first-order chi connectivity index (χ1) is 15.1. The number of methoxy groups -OCH3 is 1. The number of allylic oxidation sites excluding steroid dienone is 1. The summed E-state index contributed by atoms with van der Waals surface area (Å²) in [5.41, 5.74) is 9.19. The van der Waals surface area contributed by atoms with Crippen molar-refractivity contribution in [2.24, 2.45) is 10.9 Å². The first-order valence-corrected chi connectivity index (χ1v) is 10.6. The number of fused-ring (bicyclic) bond motifs is 3. The number of aliphatic imine (C=N–C) groups is 1. The van der Waals surface area contributed by atoms with Gasteiger partial charge in [0.15, 0.2) is 0 Å². The summed E-state index contributed by atoms with van der Waals surface area (Å²) >= 11 is 0. The van der Waals surface area contributed by atoms with Crippen LogP contribution in [0, 0.1) is 19.8 Å². The zero-order chi connectivity index (χ0) is 21.3. The number of aryl methyl sites for hydroxylation is 2. The zero-order valence-electron chi connectivity index (χ0n) is 18.0. The van der Waals surface area contributed by atoms with E-state index in [1.165, 1.54) is 24.0 Å². The molecule has 0 saturated heterocycles. The summed E-state index contributed by atoms with van der Waals surface area (Å²) in [5, 5.41) is 6.17. The molecule has 7 heteroatoms. The lowest BCUT2D eigenvalue weighted by molar-refractivity contribution is 0.393. The van der Waals surface area contributed by atoms with E-state index in [-0.39, 0.29) is 0 Å². The minimum Gasteiger partial charge on any atom is -0.496 e. The molecular weight excluding hydrogens is 390 g/mol. The standard InChI is InChI=1S/C24H23N5O2/c1-11-21(17(9-25-11)14-5-6-14)23-22-15-8-19(30-4)16(20-12(2)29-31-13(20)3)7-18(15)28-24(22)27-10-26-23/h7-8,10,14H,5-6,9H2,1-4H3,(H,26,27,28). The van der Waals surface area contributed by atoms with Crippen LogP contribution in [-0.2, 0) is 0 Å². The van der Waals surface area contributed by atoms with Crippen LogP contribution in [0.15, 0.2) is 33.5 Å². The Kier molecular flexibility index (Phi) is 3.84. The van der Waals surface area contributed by atoms with Crippen molar-refractivity contribution in [2.75, 3.05) is 13.7 Å². The second kappa shape index (κ2) is 6.51. The number of benzene rings is 1. The van der Waals surface area contributed by atoms with E-state index in [2.05, 4.69) is 34.2 Å². The van der Waals surface area contributed by atoms with Crippen LogP contribution in [0.2, 0.25) is 0 Å². The summed E-state index contributed by atoms with van der Waals surface area (Å²) in [4.78, 5) is 17.5. The average molecular weight is 413 g/mol. The van der Waals surface area contributed by atoms with Crippen LogP contribution in [0.3, 0.4) is 0 Å². The average Bonchev–Trinajstić information content (AvgIpc) is 3.32. The Balaban J connectivity index is 1.65. The zero-order valence-corrected chi connectivity index (χ0v) is 18.0. The van der Waals surface area contributed by atoms with Crippen molar-refractivity contribution in [3.05, 3.63) is 41.2 Å². The molecule has 0 spiro atoms. The highest BCUT2D eigenvalue weighted by atomic mass is 16.5. The van der Waals surface area contributed by atoms with Gasteiger partial charge in [0.05, 0.1) is 36.0 Å². The highest BCUT2D eigenvalue weighted by molar-refractivity contribution is 6.29. The van der Waals surface area contributed by atoms with Gasteiger partial charge in [-0.25, -0.2) is 9.97 Å². The normalized spacial score (nSPS) is 16.6. The number of hydrogen-bond acceptors (Lipinski definition) is 6. The van der Waals surface area contributed by atoms with Gasteiger partial charge in [0.2, 0.25) is 0 Å². The van der Waals surface area contributed by atoms with Gasteiger partial charge in [-0.2, -0.15) is 0 Å². The third kappa shape index (κ3) is 2.65. The molecule has 4 heterocycles. The molecule has 0 unspecified atom stereocenters. The van der Waals surface area contributed by atoms with E-state index in [9.17, 15) is 0 Å². The SMILES string of the molecule is COc1cc2c(cc1-c1c(C)noc1C)[nH]c1ncnc(C3=C(C4CC4)CN=C3C)c12. The van der Waals surface area contributed by atoms with Gasteiger partial charge in [0.1, 0.15) is 23.5 Å². The van der Waals surface area contributed by atoms with Crippen molar-refractivity contribution in [1.29, 1.82) is 0 Å². The molecule has 1 fully saturated rings. The van der Waals surface area contributed by atoms with Crippen molar-refractivity contribution >= 4 is 33.2 Å². The largest absolute Gasteiger partial charge is 0.496 e. The minimum atomic E-state index is 0.645. The molecular formula is C24H23N5O2. The van der Waals surface area contributed by atoms with E-state index in [0.29, 0.717) is 5.92 Å². The van der Waals surface area contributed by atoms with E-state index in [1.54, 1.807) is 13.4 Å². The second-order valence-electron chi connectivity index (χ2n) is 8.44. The molecule has 1 aliphatic carbocycles. The predicted molar refractivity (Wildman–Crippen MR) is 121 cm³/mol. The predicted octanol–water partition coefficient (Wildman–Crippen LogP) is 5.03. The molecule has 0 atom stereocenters. The summed E-state index contributed by atoms with van der Waals surface area (Å²) in [6.07, 6.45) is 4.14.